The molecule has 4 aromatic heterocycles. The van der Waals surface area contributed by atoms with Crippen molar-refractivity contribution < 1.29 is 36.3 Å². The number of hydrogen-bond donors (Lipinski definition) is 3. The Balaban J connectivity index is 1.64. The molecular weight excluding hydrogens is 517 g/mol. The fourth-order valence-electron chi connectivity index (χ4n) is 3.67. The summed E-state index contributed by atoms with van der Waals surface area (Å²) in [5, 5.41) is 12.1. The van der Waals surface area contributed by atoms with E-state index in [1.54, 1.807) is 12.1 Å². The molecule has 0 fully saturated rings. The molecule has 0 saturated heterocycles. The molecule has 0 amide bonds. The molecule has 5 N–H and O–H groups in total. The first-order valence-corrected chi connectivity index (χ1v) is 10.9. The molecule has 0 atom stereocenters. The Morgan fingerprint density at radius 1 is 1.22 bits per heavy atom. The number of nitrogens with two attached hydrogens (primary N) is 2. The quantitative estimate of drug-likeness (QED) is 0.228. The van der Waals surface area contributed by atoms with Gasteiger partial charge in [0.05, 0.1) is 17.5 Å². The summed E-state index contributed by atoms with van der Waals surface area (Å²) < 4.78 is 52.4. The number of benzene rings is 1. The predicted octanol–water partition coefficient (Wildman–Crippen LogP) is 3.28. The highest BCUT2D eigenvalue weighted by Crippen LogP contribution is 2.43. The number of fused-ring (bicyclic) bond motifs is 1. The van der Waals surface area contributed by atoms with Crippen molar-refractivity contribution in [3.05, 3.63) is 69.2 Å². The van der Waals surface area contributed by atoms with E-state index in [1.807, 2.05) is 6.07 Å². The van der Waals surface area contributed by atoms with Gasteiger partial charge in [0.15, 0.2) is 0 Å². The van der Waals surface area contributed by atoms with Gasteiger partial charge in [0.25, 0.3) is 5.78 Å². The zero-order chi connectivity index (χ0) is 26.5. The van der Waals surface area contributed by atoms with Crippen LogP contribution in [0.25, 0.3) is 27.2 Å². The van der Waals surface area contributed by atoms with Gasteiger partial charge in [-0.15, -0.1) is 24.5 Å². The van der Waals surface area contributed by atoms with Crippen LogP contribution in [0, 0.1) is 11.3 Å². The lowest BCUT2D eigenvalue weighted by Gasteiger charge is -2.07. The fraction of sp³-hybridized carbons (Fsp3) is 0.0455. The summed E-state index contributed by atoms with van der Waals surface area (Å²) >= 11 is 0.827. The Morgan fingerprint density at radius 2 is 1.95 bits per heavy atom. The van der Waals surface area contributed by atoms with Crippen LogP contribution in [0.3, 0.4) is 0 Å². The first-order chi connectivity index (χ1) is 17.6. The summed E-state index contributed by atoms with van der Waals surface area (Å²) in [6.45, 7) is 0. The number of alkyl halides is 3. The van der Waals surface area contributed by atoms with E-state index in [0.717, 1.165) is 28.2 Å². The van der Waals surface area contributed by atoms with E-state index in [0.29, 0.717) is 0 Å². The summed E-state index contributed by atoms with van der Waals surface area (Å²) in [6.07, 6.45) is -3.51. The van der Waals surface area contributed by atoms with E-state index in [-0.39, 0.29) is 49.2 Å². The summed E-state index contributed by atoms with van der Waals surface area (Å²) in [4.78, 5) is 30.3. The Kier molecular flexibility index (Phi) is 5.45. The van der Waals surface area contributed by atoms with Crippen molar-refractivity contribution in [2.24, 2.45) is 0 Å². The SMILES string of the molecule is N#Cc1c(N)nc2sc(C(=O)c3c(=O)o[nH][n+]3-c3ccc(OC(F)(F)F)cc3)c(N)c2c1-c1ccco1. The monoisotopic (exact) mass is 529 g/mol. The molecule has 0 spiro atoms. The Labute approximate surface area is 206 Å². The summed E-state index contributed by atoms with van der Waals surface area (Å²) in [5.74, 6) is -1.23. The molecular formula is C22H12F3N6O5S+. The lowest BCUT2D eigenvalue weighted by atomic mass is 10.0. The van der Waals surface area contributed by atoms with E-state index in [1.165, 1.54) is 18.4 Å². The highest BCUT2D eigenvalue weighted by molar-refractivity contribution is 7.21. The maximum absolute atomic E-state index is 13.5. The number of anilines is 2. The van der Waals surface area contributed by atoms with E-state index in [2.05, 4.69) is 15.0 Å². The highest BCUT2D eigenvalue weighted by Gasteiger charge is 2.36. The van der Waals surface area contributed by atoms with Crippen LogP contribution in [-0.4, -0.2) is 22.4 Å². The van der Waals surface area contributed by atoms with Crippen molar-refractivity contribution in [1.29, 1.82) is 5.26 Å². The number of nitrogens with one attached hydrogen (secondary N) is 1. The van der Waals surface area contributed by atoms with Crippen LogP contribution >= 0.6 is 11.3 Å². The number of H-pyrrole nitrogens is 1. The molecule has 0 unspecified atom stereocenters. The lowest BCUT2D eigenvalue weighted by Crippen LogP contribution is -2.41. The summed E-state index contributed by atoms with van der Waals surface area (Å²) in [6, 6.07) is 9.46. The summed E-state index contributed by atoms with van der Waals surface area (Å²) in [5.41, 5.74) is 10.9. The molecule has 0 saturated carbocycles. The molecule has 0 radical (unpaired) electrons. The number of ketones is 1. The number of halogens is 3. The van der Waals surface area contributed by atoms with Crippen LogP contribution in [0.4, 0.5) is 24.7 Å². The van der Waals surface area contributed by atoms with Crippen LogP contribution < -0.4 is 26.5 Å². The van der Waals surface area contributed by atoms with Gasteiger partial charge in [-0.3, -0.25) is 9.32 Å². The van der Waals surface area contributed by atoms with Crippen LogP contribution in [0.1, 0.15) is 20.9 Å². The van der Waals surface area contributed by atoms with Crippen LogP contribution in [0.15, 0.2) is 56.4 Å². The molecule has 0 aliphatic heterocycles. The van der Waals surface area contributed by atoms with E-state index in [4.69, 9.17) is 20.4 Å². The second-order valence-electron chi connectivity index (χ2n) is 7.40. The molecule has 15 heteroatoms. The van der Waals surface area contributed by atoms with Crippen molar-refractivity contribution in [3.8, 4) is 28.8 Å². The molecule has 0 bridgehead atoms. The number of rotatable bonds is 5. The molecule has 0 aliphatic carbocycles. The Morgan fingerprint density at radius 3 is 2.57 bits per heavy atom. The molecule has 4 heterocycles. The van der Waals surface area contributed by atoms with Gasteiger partial charge in [0.1, 0.15) is 38.7 Å². The normalized spacial score (nSPS) is 11.5. The first-order valence-electron chi connectivity index (χ1n) is 10.1. The van der Waals surface area contributed by atoms with Gasteiger partial charge in [-0.2, -0.15) is 5.26 Å². The third-order valence-corrected chi connectivity index (χ3v) is 6.28. The van der Waals surface area contributed by atoms with Gasteiger partial charge in [-0.05, 0) is 34.2 Å². The maximum Gasteiger partial charge on any atom is 0.573 e. The second-order valence-corrected chi connectivity index (χ2v) is 8.40. The lowest BCUT2D eigenvalue weighted by molar-refractivity contribution is -0.672. The minimum Gasteiger partial charge on any atom is -0.464 e. The first kappa shape index (κ1) is 23.6. The number of nitrogens with zero attached hydrogens (tertiary/aromatic N) is 3. The third kappa shape index (κ3) is 4.04. The number of nitrogen functional groups attached to an aromatic ring is 2. The standard InChI is InChI=1S/C22H11F3N6O5S/c23-22(24,25)35-10-5-3-9(4-6-10)31-16(21(33)36-30-31)17(32)18-15(27)14-13(12-2-1-7-34-12)11(8-26)19(28)29-20(14)37-18/h1-7H,(H4-,27,28,29,30,32,33)/p+1. The van der Waals surface area contributed by atoms with Gasteiger partial charge in [-0.25, -0.2) is 9.78 Å². The molecule has 0 aliphatic rings. The number of aromatic nitrogens is 3. The molecule has 11 nitrogen and oxygen atoms in total. The number of nitriles is 1. The molecule has 5 aromatic rings. The number of carbonyl (C=O) groups is 1. The topological polar surface area (TPSA) is 178 Å². The number of pyridine rings is 1. The minimum absolute atomic E-state index is 0.0108. The van der Waals surface area contributed by atoms with E-state index < -0.39 is 29.2 Å². The number of aromatic amines is 1. The molecule has 5 rings (SSSR count). The summed E-state index contributed by atoms with van der Waals surface area (Å²) in [7, 11) is 0. The second kappa shape index (κ2) is 8.53. The zero-order valence-electron chi connectivity index (χ0n) is 18.1. The Bertz CT molecular complexity index is 1760. The Hall–Kier alpha value is -5.10. The third-order valence-electron chi connectivity index (χ3n) is 5.18. The van der Waals surface area contributed by atoms with Gasteiger partial charge in [-0.1, -0.05) is 0 Å². The average Bonchev–Trinajstić information content (AvgIpc) is 3.57. The van der Waals surface area contributed by atoms with Crippen LogP contribution in [0.5, 0.6) is 5.75 Å². The van der Waals surface area contributed by atoms with Crippen molar-refractivity contribution in [1.82, 2.24) is 10.3 Å². The molecule has 186 valence electrons. The van der Waals surface area contributed by atoms with Crippen molar-refractivity contribution >= 4 is 38.8 Å². The highest BCUT2D eigenvalue weighted by atomic mass is 32.1. The van der Waals surface area contributed by atoms with E-state index >= 15 is 0 Å². The minimum atomic E-state index is -4.89. The average molecular weight is 529 g/mol. The zero-order valence-corrected chi connectivity index (χ0v) is 18.9. The van der Waals surface area contributed by atoms with Gasteiger partial charge in [0.2, 0.25) is 5.69 Å². The predicted molar refractivity (Wildman–Crippen MR) is 122 cm³/mol. The smallest absolute Gasteiger partial charge is 0.464 e. The van der Waals surface area contributed by atoms with Crippen molar-refractivity contribution in [2.75, 3.05) is 11.5 Å². The molecule has 1 aromatic carbocycles. The van der Waals surface area contributed by atoms with Gasteiger partial charge in [0, 0.05) is 17.5 Å². The van der Waals surface area contributed by atoms with Crippen molar-refractivity contribution in [3.63, 3.8) is 0 Å². The van der Waals surface area contributed by atoms with Crippen LogP contribution in [0.2, 0.25) is 0 Å². The van der Waals surface area contributed by atoms with Crippen LogP contribution in [-0.2, 0) is 0 Å². The number of hydrogen-bond acceptors (Lipinski definition) is 10. The number of furan rings is 1. The fourth-order valence-corrected chi connectivity index (χ4v) is 4.72. The van der Waals surface area contributed by atoms with E-state index in [9.17, 15) is 28.0 Å². The van der Waals surface area contributed by atoms with Gasteiger partial charge >= 0.3 is 17.7 Å². The number of ether oxygens (including phenoxy) is 1. The number of carbonyl (C=O) groups excluding carboxylic acids is 1. The van der Waals surface area contributed by atoms with Crippen molar-refractivity contribution in [2.45, 2.75) is 6.36 Å². The largest absolute Gasteiger partial charge is 0.573 e. The van der Waals surface area contributed by atoms with Gasteiger partial charge < -0.3 is 20.6 Å². The molecule has 37 heavy (non-hydrogen) atoms. The maximum atomic E-state index is 13.5. The number of thiophene rings is 1.